The number of rotatable bonds is 3. The molecule has 0 unspecified atom stereocenters. The van der Waals surface area contributed by atoms with E-state index in [1.807, 2.05) is 27.1 Å². The quantitative estimate of drug-likeness (QED) is 0.553. The first-order chi connectivity index (χ1) is 6.16. The second kappa shape index (κ2) is 5.73. The van der Waals surface area contributed by atoms with Gasteiger partial charge in [0.2, 0.25) is 5.69 Å². The fourth-order valence-corrected chi connectivity index (χ4v) is 1.30. The molecule has 0 spiro atoms. The Morgan fingerprint density at radius 2 is 2.00 bits per heavy atom. The van der Waals surface area contributed by atoms with E-state index in [-0.39, 0.29) is 18.2 Å². The Labute approximate surface area is 90.7 Å². The highest BCUT2D eigenvalue weighted by Crippen LogP contribution is 2.29. The van der Waals surface area contributed by atoms with Crippen molar-refractivity contribution in [3.63, 3.8) is 0 Å². The second-order valence-corrected chi connectivity index (χ2v) is 3.08. The lowest BCUT2D eigenvalue weighted by atomic mass is 10.2. The summed E-state index contributed by atoms with van der Waals surface area (Å²) < 4.78 is 5.40. The van der Waals surface area contributed by atoms with Gasteiger partial charge in [0.25, 0.3) is 0 Å². The lowest BCUT2D eigenvalue weighted by Crippen LogP contribution is -3.00. The molecule has 4 heteroatoms. The van der Waals surface area contributed by atoms with Crippen LogP contribution in [0.3, 0.4) is 0 Å². The first-order valence-electron chi connectivity index (χ1n) is 4.42. The molecule has 0 saturated carbocycles. The van der Waals surface area contributed by atoms with E-state index in [2.05, 4.69) is 0 Å². The predicted octanol–water partition coefficient (Wildman–Crippen LogP) is -2.43. The Hall–Kier alpha value is -0.930. The summed E-state index contributed by atoms with van der Waals surface area (Å²) in [4.78, 5) is 1.06. The lowest BCUT2D eigenvalue weighted by Gasteiger charge is -2.13. The Bertz CT molecular complexity index is 289. The number of quaternary nitrogens is 1. The van der Waals surface area contributed by atoms with Gasteiger partial charge in [0.1, 0.15) is 0 Å². The third-order valence-corrected chi connectivity index (χ3v) is 1.80. The number of nitrogens with one attached hydrogen (secondary N) is 1. The van der Waals surface area contributed by atoms with Gasteiger partial charge < -0.3 is 27.2 Å². The van der Waals surface area contributed by atoms with Crippen LogP contribution in [0.2, 0.25) is 0 Å². The van der Waals surface area contributed by atoms with E-state index in [1.54, 1.807) is 12.1 Å². The van der Waals surface area contributed by atoms with Crippen LogP contribution in [-0.4, -0.2) is 25.8 Å². The Morgan fingerprint density at radius 3 is 2.50 bits per heavy atom. The van der Waals surface area contributed by atoms with Crippen molar-refractivity contribution < 1.29 is 27.2 Å². The topological polar surface area (TPSA) is 33.9 Å². The molecule has 0 aromatic heterocycles. The molecule has 0 radical (unpaired) electrons. The van der Waals surface area contributed by atoms with E-state index in [1.165, 1.54) is 0 Å². The number of phenols is 1. The fourth-order valence-electron chi connectivity index (χ4n) is 1.30. The molecule has 0 aliphatic heterocycles. The molecule has 0 amide bonds. The smallest absolute Gasteiger partial charge is 0.215 e. The maximum atomic E-state index is 9.59. The highest BCUT2D eigenvalue weighted by Gasteiger charge is 2.14. The van der Waals surface area contributed by atoms with Gasteiger partial charge in [0.15, 0.2) is 11.5 Å². The van der Waals surface area contributed by atoms with Crippen molar-refractivity contribution in [1.82, 2.24) is 0 Å². The van der Waals surface area contributed by atoms with E-state index in [4.69, 9.17) is 4.74 Å². The van der Waals surface area contributed by atoms with Crippen molar-refractivity contribution in [2.75, 3.05) is 20.7 Å². The average molecular weight is 218 g/mol. The van der Waals surface area contributed by atoms with E-state index in [0.29, 0.717) is 6.61 Å². The van der Waals surface area contributed by atoms with Crippen LogP contribution in [0.4, 0.5) is 5.69 Å². The van der Waals surface area contributed by atoms with Gasteiger partial charge in [0, 0.05) is 0 Å². The van der Waals surface area contributed by atoms with Crippen molar-refractivity contribution in [2.24, 2.45) is 0 Å². The number of para-hydroxylation sites is 1. The Balaban J connectivity index is 0.00000169. The highest BCUT2D eigenvalue weighted by molar-refractivity contribution is 5.55. The van der Waals surface area contributed by atoms with Crippen LogP contribution in [0, 0.1) is 0 Å². The fraction of sp³-hybridized carbons (Fsp3) is 0.400. The van der Waals surface area contributed by atoms with Gasteiger partial charge in [-0.3, -0.25) is 0 Å². The van der Waals surface area contributed by atoms with Gasteiger partial charge in [-0.1, -0.05) is 6.07 Å². The third-order valence-electron chi connectivity index (χ3n) is 1.80. The van der Waals surface area contributed by atoms with E-state index in [0.717, 1.165) is 16.3 Å². The highest BCUT2D eigenvalue weighted by atomic mass is 35.5. The molecule has 0 atom stereocenters. The first kappa shape index (κ1) is 13.1. The van der Waals surface area contributed by atoms with Crippen molar-refractivity contribution in [2.45, 2.75) is 6.92 Å². The summed E-state index contributed by atoms with van der Waals surface area (Å²) in [6.07, 6.45) is 0. The Kier molecular flexibility index (Phi) is 5.35. The molecule has 0 aliphatic carbocycles. The van der Waals surface area contributed by atoms with Crippen molar-refractivity contribution in [3.05, 3.63) is 18.2 Å². The molecule has 0 bridgehead atoms. The minimum Gasteiger partial charge on any atom is -1.00 e. The summed E-state index contributed by atoms with van der Waals surface area (Å²) in [6, 6.07) is 5.32. The second-order valence-electron chi connectivity index (χ2n) is 3.08. The van der Waals surface area contributed by atoms with Crippen LogP contribution in [0.1, 0.15) is 6.92 Å². The van der Waals surface area contributed by atoms with Crippen LogP contribution in [-0.2, 0) is 0 Å². The monoisotopic (exact) mass is 217 g/mol. The molecule has 14 heavy (non-hydrogen) atoms. The SMILES string of the molecule is CCOc1cccc(O)c1[NH+](C)C.[Cl-]. The van der Waals surface area contributed by atoms with E-state index >= 15 is 0 Å². The lowest BCUT2D eigenvalue weighted by molar-refractivity contribution is -0.786. The summed E-state index contributed by atoms with van der Waals surface area (Å²) >= 11 is 0. The van der Waals surface area contributed by atoms with E-state index in [9.17, 15) is 5.11 Å². The molecule has 1 rings (SSSR count). The number of hydrogen-bond donors (Lipinski definition) is 2. The van der Waals surface area contributed by atoms with Crippen LogP contribution < -0.4 is 22.0 Å². The molecule has 3 nitrogen and oxygen atoms in total. The van der Waals surface area contributed by atoms with E-state index < -0.39 is 0 Å². The molecule has 1 aromatic rings. The van der Waals surface area contributed by atoms with Crippen molar-refractivity contribution >= 4 is 5.69 Å². The largest absolute Gasteiger partial charge is 1.00 e. The summed E-state index contributed by atoms with van der Waals surface area (Å²) in [6.45, 7) is 2.54. The number of aromatic hydroxyl groups is 1. The molecule has 1 aromatic carbocycles. The molecule has 0 fully saturated rings. The number of hydrogen-bond acceptors (Lipinski definition) is 2. The zero-order valence-electron chi connectivity index (χ0n) is 8.67. The Morgan fingerprint density at radius 1 is 1.36 bits per heavy atom. The number of halogens is 1. The summed E-state index contributed by atoms with van der Waals surface area (Å²) in [5, 5.41) is 9.59. The molecule has 80 valence electrons. The summed E-state index contributed by atoms with van der Waals surface area (Å²) in [7, 11) is 3.91. The minimum atomic E-state index is 0. The molecule has 2 N–H and O–H groups in total. The van der Waals surface area contributed by atoms with Gasteiger partial charge >= 0.3 is 0 Å². The molecule has 0 saturated heterocycles. The maximum Gasteiger partial charge on any atom is 0.215 e. The third kappa shape index (κ3) is 2.79. The predicted molar refractivity (Wildman–Crippen MR) is 51.7 cm³/mol. The van der Waals surface area contributed by atoms with Crippen LogP contribution >= 0.6 is 0 Å². The summed E-state index contributed by atoms with van der Waals surface area (Å²) in [5.74, 6) is 1.04. The van der Waals surface area contributed by atoms with Gasteiger partial charge in [0.05, 0.1) is 20.7 Å². The van der Waals surface area contributed by atoms with Crippen LogP contribution in [0.15, 0.2) is 18.2 Å². The maximum absolute atomic E-state index is 9.59. The zero-order chi connectivity index (χ0) is 9.84. The number of benzene rings is 1. The zero-order valence-corrected chi connectivity index (χ0v) is 9.43. The number of ether oxygens (including phenoxy) is 1. The normalized spacial score (nSPS) is 9.71. The molecular formula is C10H16ClNO2. The standard InChI is InChI=1S/C10H15NO2.ClH/c1-4-13-9-7-5-6-8(12)10(9)11(2)3;/h5-7,12H,4H2,1-3H3;1H. The molecule has 0 heterocycles. The van der Waals surface area contributed by atoms with Crippen molar-refractivity contribution in [1.29, 1.82) is 0 Å². The molecule has 0 aliphatic rings. The minimum absolute atomic E-state index is 0. The first-order valence-corrected chi connectivity index (χ1v) is 4.42. The average Bonchev–Trinajstić information content (AvgIpc) is 2.04. The van der Waals surface area contributed by atoms with Gasteiger partial charge in [-0.05, 0) is 19.1 Å². The van der Waals surface area contributed by atoms with Crippen LogP contribution in [0.5, 0.6) is 11.5 Å². The molecular weight excluding hydrogens is 202 g/mol. The number of phenolic OH excluding ortho intramolecular Hbond substituents is 1. The van der Waals surface area contributed by atoms with Gasteiger partial charge in [-0.2, -0.15) is 0 Å². The van der Waals surface area contributed by atoms with Crippen molar-refractivity contribution in [3.8, 4) is 11.5 Å². The van der Waals surface area contributed by atoms with Crippen LogP contribution in [0.25, 0.3) is 0 Å². The van der Waals surface area contributed by atoms with Gasteiger partial charge in [-0.25, -0.2) is 0 Å². The van der Waals surface area contributed by atoms with Gasteiger partial charge in [-0.15, -0.1) is 0 Å². The summed E-state index contributed by atoms with van der Waals surface area (Å²) in [5.41, 5.74) is 0.810.